The van der Waals surface area contributed by atoms with Crippen LogP contribution in [0.15, 0.2) is 12.2 Å². The van der Waals surface area contributed by atoms with Crippen LogP contribution in [0.4, 0.5) is 8.78 Å². The Balaban J connectivity index is 4.15. The Kier molecular flexibility index (Phi) is 6.25. The minimum atomic E-state index is -5.47. The van der Waals surface area contributed by atoms with Gasteiger partial charge >= 0.3 is 21.3 Å². The Morgan fingerprint density at radius 3 is 2.20 bits per heavy atom. The number of alkyl halides is 2. The van der Waals surface area contributed by atoms with Crippen LogP contribution < -0.4 is 0 Å². The van der Waals surface area contributed by atoms with E-state index < -0.39 is 40.0 Å². The van der Waals surface area contributed by atoms with Crippen molar-refractivity contribution >= 4 is 16.1 Å². The zero-order chi connectivity index (χ0) is 16.2. The maximum absolute atomic E-state index is 12.8. The molecule has 0 saturated carbocycles. The summed E-state index contributed by atoms with van der Waals surface area (Å²) in [6.07, 6.45) is -1.23. The second kappa shape index (κ2) is 6.59. The van der Waals surface area contributed by atoms with Gasteiger partial charge in [0.25, 0.3) is 0 Å². The van der Waals surface area contributed by atoms with E-state index in [1.54, 1.807) is 20.8 Å². The van der Waals surface area contributed by atoms with Crippen molar-refractivity contribution in [2.75, 3.05) is 13.2 Å². The molecule has 0 spiro atoms. The van der Waals surface area contributed by atoms with Gasteiger partial charge in [-0.25, -0.2) is 4.79 Å². The highest BCUT2D eigenvalue weighted by molar-refractivity contribution is 7.86. The van der Waals surface area contributed by atoms with Gasteiger partial charge in [-0.2, -0.15) is 17.2 Å². The van der Waals surface area contributed by atoms with Crippen molar-refractivity contribution < 1.29 is 36.0 Å². The number of esters is 1. The van der Waals surface area contributed by atoms with E-state index in [0.29, 0.717) is 0 Å². The number of hydrogen-bond donors (Lipinski definition) is 1. The lowest BCUT2D eigenvalue weighted by Gasteiger charge is -2.20. The highest BCUT2D eigenvalue weighted by Crippen LogP contribution is 2.24. The normalized spacial score (nSPS) is 13.1. The van der Waals surface area contributed by atoms with Gasteiger partial charge in [0.1, 0.15) is 5.60 Å². The Bertz CT molecular complexity index is 464. The number of ether oxygens (including phenoxy) is 2. The molecule has 6 nitrogen and oxygen atoms in total. The summed E-state index contributed by atoms with van der Waals surface area (Å²) in [5, 5.41) is -4.29. The van der Waals surface area contributed by atoms with Crippen molar-refractivity contribution in [3.05, 3.63) is 12.2 Å². The van der Waals surface area contributed by atoms with E-state index >= 15 is 0 Å². The molecule has 118 valence electrons. The molecular formula is C11H18F2O6S. The first kappa shape index (κ1) is 18.9. The van der Waals surface area contributed by atoms with Crippen molar-refractivity contribution in [1.29, 1.82) is 0 Å². The molecule has 0 bridgehead atoms. The first-order valence-corrected chi connectivity index (χ1v) is 7.04. The monoisotopic (exact) mass is 316 g/mol. The van der Waals surface area contributed by atoms with Crippen LogP contribution in [0.5, 0.6) is 0 Å². The smallest absolute Gasteiger partial charge is 0.372 e. The van der Waals surface area contributed by atoms with Gasteiger partial charge in [-0.3, -0.25) is 4.55 Å². The fourth-order valence-electron chi connectivity index (χ4n) is 0.925. The summed E-state index contributed by atoms with van der Waals surface area (Å²) < 4.78 is 64.1. The molecule has 0 aliphatic carbocycles. The third-order valence-corrected chi connectivity index (χ3v) is 2.84. The van der Waals surface area contributed by atoms with Crippen LogP contribution in [0.2, 0.25) is 0 Å². The zero-order valence-electron chi connectivity index (χ0n) is 11.5. The fraction of sp³-hybridized carbons (Fsp3) is 0.727. The van der Waals surface area contributed by atoms with E-state index in [0.717, 1.165) is 0 Å². The van der Waals surface area contributed by atoms with Gasteiger partial charge in [0.05, 0.1) is 25.2 Å². The van der Waals surface area contributed by atoms with E-state index in [-0.39, 0.29) is 12.2 Å². The SMILES string of the molecule is C=C(COCCC(F)(F)S(=O)(=O)O)C(=O)OC(C)(C)C. The second-order valence-electron chi connectivity index (χ2n) is 5.02. The number of rotatable bonds is 7. The Morgan fingerprint density at radius 1 is 1.30 bits per heavy atom. The molecule has 0 atom stereocenters. The van der Waals surface area contributed by atoms with Gasteiger partial charge < -0.3 is 9.47 Å². The van der Waals surface area contributed by atoms with Crippen LogP contribution in [0, 0.1) is 0 Å². The van der Waals surface area contributed by atoms with E-state index in [1.807, 2.05) is 0 Å². The molecule has 20 heavy (non-hydrogen) atoms. The standard InChI is InChI=1S/C11H18F2O6S/c1-8(9(14)19-10(2,3)4)7-18-6-5-11(12,13)20(15,16)17/h1,5-7H2,2-4H3,(H,15,16,17). The summed E-state index contributed by atoms with van der Waals surface area (Å²) in [6, 6.07) is 0. The van der Waals surface area contributed by atoms with Crippen LogP contribution in [0.25, 0.3) is 0 Å². The predicted octanol–water partition coefficient (Wildman–Crippen LogP) is 1.77. The third-order valence-electron chi connectivity index (χ3n) is 1.88. The molecule has 0 radical (unpaired) electrons. The maximum atomic E-state index is 12.8. The van der Waals surface area contributed by atoms with Crippen LogP contribution in [-0.4, -0.2) is 43.0 Å². The van der Waals surface area contributed by atoms with E-state index in [9.17, 15) is 22.0 Å². The molecule has 0 aromatic rings. The van der Waals surface area contributed by atoms with Gasteiger partial charge in [-0.05, 0) is 20.8 Å². The highest BCUT2D eigenvalue weighted by Gasteiger charge is 2.43. The van der Waals surface area contributed by atoms with E-state index in [4.69, 9.17) is 14.0 Å². The van der Waals surface area contributed by atoms with Crippen LogP contribution in [0.3, 0.4) is 0 Å². The molecule has 0 aromatic carbocycles. The molecule has 9 heteroatoms. The summed E-state index contributed by atoms with van der Waals surface area (Å²) in [6.45, 7) is 7.25. The van der Waals surface area contributed by atoms with Gasteiger partial charge in [-0.15, -0.1) is 0 Å². The zero-order valence-corrected chi connectivity index (χ0v) is 12.3. The van der Waals surface area contributed by atoms with Gasteiger partial charge in [0.15, 0.2) is 0 Å². The molecular weight excluding hydrogens is 298 g/mol. The average Bonchev–Trinajstić information content (AvgIpc) is 2.19. The number of carbonyl (C=O) groups is 1. The number of carbonyl (C=O) groups excluding carboxylic acids is 1. The van der Waals surface area contributed by atoms with Crippen molar-refractivity contribution in [2.45, 2.75) is 38.0 Å². The number of halogens is 2. The Morgan fingerprint density at radius 2 is 1.80 bits per heavy atom. The number of hydrogen-bond acceptors (Lipinski definition) is 5. The average molecular weight is 316 g/mol. The lowest BCUT2D eigenvalue weighted by Crippen LogP contribution is -2.30. The van der Waals surface area contributed by atoms with E-state index in [1.165, 1.54) is 0 Å². The fourth-order valence-corrected chi connectivity index (χ4v) is 1.27. The topological polar surface area (TPSA) is 89.9 Å². The minimum absolute atomic E-state index is 0.0879. The molecule has 0 heterocycles. The predicted molar refractivity (Wildman–Crippen MR) is 66.9 cm³/mol. The highest BCUT2D eigenvalue weighted by atomic mass is 32.2. The first-order valence-electron chi connectivity index (χ1n) is 5.60. The van der Waals surface area contributed by atoms with Crippen LogP contribution in [-0.2, 0) is 24.4 Å². The third kappa shape index (κ3) is 6.92. The first-order chi connectivity index (χ1) is 8.76. The lowest BCUT2D eigenvalue weighted by atomic mass is 10.2. The molecule has 0 aliphatic rings. The molecule has 0 aromatic heterocycles. The van der Waals surface area contributed by atoms with Gasteiger partial charge in [0, 0.05) is 0 Å². The van der Waals surface area contributed by atoms with Gasteiger partial charge in [-0.1, -0.05) is 6.58 Å². The lowest BCUT2D eigenvalue weighted by molar-refractivity contribution is -0.150. The van der Waals surface area contributed by atoms with Crippen LogP contribution in [0.1, 0.15) is 27.2 Å². The summed E-state index contributed by atoms with van der Waals surface area (Å²) in [4.78, 5) is 11.4. The van der Waals surface area contributed by atoms with Crippen molar-refractivity contribution in [2.24, 2.45) is 0 Å². The molecule has 0 rings (SSSR count). The maximum Gasteiger partial charge on any atom is 0.372 e. The molecule has 0 saturated heterocycles. The van der Waals surface area contributed by atoms with Gasteiger partial charge in [0.2, 0.25) is 0 Å². The van der Waals surface area contributed by atoms with E-state index in [2.05, 4.69) is 6.58 Å². The van der Waals surface area contributed by atoms with Crippen LogP contribution >= 0.6 is 0 Å². The molecule has 0 unspecified atom stereocenters. The largest absolute Gasteiger partial charge is 0.457 e. The molecule has 0 amide bonds. The molecule has 0 aliphatic heterocycles. The minimum Gasteiger partial charge on any atom is -0.457 e. The molecule has 1 N–H and O–H groups in total. The Hall–Kier alpha value is -1.06. The summed E-state index contributed by atoms with van der Waals surface area (Å²) >= 11 is 0. The van der Waals surface area contributed by atoms with Crippen molar-refractivity contribution in [1.82, 2.24) is 0 Å². The quantitative estimate of drug-likeness (QED) is 0.333. The second-order valence-corrected chi connectivity index (χ2v) is 6.57. The summed E-state index contributed by atoms with van der Waals surface area (Å²) in [5.41, 5.74) is -0.812. The molecule has 0 fully saturated rings. The van der Waals surface area contributed by atoms with Crippen molar-refractivity contribution in [3.8, 4) is 0 Å². The van der Waals surface area contributed by atoms with Crippen molar-refractivity contribution in [3.63, 3.8) is 0 Å². The Labute approximate surface area is 116 Å². The summed E-state index contributed by atoms with van der Waals surface area (Å²) in [5.74, 6) is -0.737. The summed E-state index contributed by atoms with van der Waals surface area (Å²) in [7, 11) is -5.47.